The van der Waals surface area contributed by atoms with Crippen molar-refractivity contribution in [1.29, 1.82) is 0 Å². The molecule has 3 aliphatic rings. The van der Waals surface area contributed by atoms with Gasteiger partial charge in [-0.3, -0.25) is 19.4 Å². The highest BCUT2D eigenvalue weighted by atomic mass is 33.1. The molecule has 1 aromatic carbocycles. The molecule has 0 radical (unpaired) electrons. The lowest BCUT2D eigenvalue weighted by molar-refractivity contribution is -0.119. The van der Waals surface area contributed by atoms with Gasteiger partial charge in [0.2, 0.25) is 5.91 Å². The number of hydrogen-bond acceptors (Lipinski definition) is 8. The molecule has 2 unspecified atom stereocenters. The third kappa shape index (κ3) is 4.60. The zero-order valence-electron chi connectivity index (χ0n) is 16.3. The van der Waals surface area contributed by atoms with E-state index in [1.165, 1.54) is 39.5 Å². The summed E-state index contributed by atoms with van der Waals surface area (Å²) in [6.45, 7) is 4.56. The zero-order valence-corrected chi connectivity index (χ0v) is 17.9. The van der Waals surface area contributed by atoms with Crippen LogP contribution in [0.1, 0.15) is 6.92 Å². The number of halogens is 1. The first-order chi connectivity index (χ1) is 14.4. The smallest absolute Gasteiger partial charge is 0.414 e. The summed E-state index contributed by atoms with van der Waals surface area (Å²) in [7, 11) is 2.70. The maximum atomic E-state index is 14.9. The van der Waals surface area contributed by atoms with Crippen LogP contribution in [0, 0.1) is 5.82 Å². The largest absolute Gasteiger partial charge is 0.442 e. The average Bonchev–Trinajstić information content (AvgIpc) is 3.32. The van der Waals surface area contributed by atoms with Crippen LogP contribution in [-0.4, -0.2) is 73.0 Å². The first-order valence-electron chi connectivity index (χ1n) is 9.55. The molecule has 3 aliphatic heterocycles. The first-order valence-corrected chi connectivity index (χ1v) is 11.8. The number of anilines is 2. The fraction of sp³-hybridized carbons (Fsp3) is 0.500. The number of amides is 3. The van der Waals surface area contributed by atoms with Gasteiger partial charge < -0.3 is 20.3 Å². The lowest BCUT2D eigenvalue weighted by Crippen LogP contribution is -2.52. The van der Waals surface area contributed by atoms with Crippen LogP contribution in [-0.2, 0) is 9.53 Å². The minimum absolute atomic E-state index is 0.0335. The second-order valence-electron chi connectivity index (χ2n) is 7.18. The molecular weight excluding hydrogens is 433 g/mol. The number of ether oxygens (including phenoxy) is 1. The number of carbonyl (C=O) groups excluding carboxylic acids is 3. The van der Waals surface area contributed by atoms with E-state index in [2.05, 4.69) is 15.5 Å². The summed E-state index contributed by atoms with van der Waals surface area (Å²) in [5.41, 5.74) is 0.869. The molecular formula is C18H22FN5O4S2. The molecule has 0 saturated carbocycles. The standard InChI is InChI=1S/C18H22FN5O4S2/c1-11(25)20-9-13-10-24(18(27)28-13)12-2-3-15(14(19)8-12)22-4-6-23(7-5-22)16-21-17(26)30-29-16/h2-3,8,13,16H,4-7,9-10H2,1H3,(H,20,25)(H,21,26). The van der Waals surface area contributed by atoms with Gasteiger partial charge in [-0.2, -0.15) is 0 Å². The molecule has 0 aromatic heterocycles. The van der Waals surface area contributed by atoms with Gasteiger partial charge in [0.05, 0.1) is 24.5 Å². The molecule has 1 aromatic rings. The van der Waals surface area contributed by atoms with Crippen LogP contribution in [0.4, 0.5) is 25.4 Å². The van der Waals surface area contributed by atoms with Gasteiger partial charge in [0.25, 0.3) is 5.24 Å². The normalized spacial score (nSPS) is 24.7. The van der Waals surface area contributed by atoms with Gasteiger partial charge in [-0.25, -0.2) is 9.18 Å². The van der Waals surface area contributed by atoms with E-state index in [0.29, 0.717) is 37.6 Å². The third-order valence-electron chi connectivity index (χ3n) is 5.14. The van der Waals surface area contributed by atoms with E-state index in [9.17, 15) is 18.8 Å². The van der Waals surface area contributed by atoms with Gasteiger partial charge in [-0.1, -0.05) is 0 Å². The second kappa shape index (κ2) is 8.90. The fourth-order valence-corrected chi connectivity index (χ4v) is 5.69. The van der Waals surface area contributed by atoms with Crippen molar-refractivity contribution in [2.24, 2.45) is 0 Å². The fourth-order valence-electron chi connectivity index (χ4n) is 3.60. The lowest BCUT2D eigenvalue weighted by Gasteiger charge is -2.38. The first kappa shape index (κ1) is 21.1. The van der Waals surface area contributed by atoms with Crippen molar-refractivity contribution in [3.05, 3.63) is 24.0 Å². The molecule has 2 N–H and O–H groups in total. The molecule has 4 rings (SSSR count). The average molecular weight is 456 g/mol. The van der Waals surface area contributed by atoms with E-state index in [-0.39, 0.29) is 29.7 Å². The Labute approximate surface area is 181 Å². The lowest BCUT2D eigenvalue weighted by atomic mass is 10.2. The van der Waals surface area contributed by atoms with Crippen molar-refractivity contribution in [2.75, 3.05) is 49.1 Å². The number of hydrogen-bond donors (Lipinski definition) is 2. The number of piperazine rings is 1. The Balaban J connectivity index is 1.36. The van der Waals surface area contributed by atoms with Crippen molar-refractivity contribution in [3.8, 4) is 0 Å². The molecule has 2 atom stereocenters. The number of cyclic esters (lactones) is 1. The Bertz CT molecular complexity index is 852. The maximum absolute atomic E-state index is 14.9. The van der Waals surface area contributed by atoms with Gasteiger partial charge in [0, 0.05) is 43.9 Å². The predicted octanol–water partition coefficient (Wildman–Crippen LogP) is 1.80. The maximum Gasteiger partial charge on any atom is 0.414 e. The molecule has 9 nitrogen and oxygen atoms in total. The van der Waals surface area contributed by atoms with Crippen LogP contribution in [0.3, 0.4) is 0 Å². The molecule has 3 fully saturated rings. The molecule has 30 heavy (non-hydrogen) atoms. The van der Waals surface area contributed by atoms with Crippen LogP contribution >= 0.6 is 21.6 Å². The van der Waals surface area contributed by atoms with Crippen molar-refractivity contribution < 1.29 is 23.5 Å². The van der Waals surface area contributed by atoms with E-state index < -0.39 is 18.0 Å². The Morgan fingerprint density at radius 3 is 2.70 bits per heavy atom. The molecule has 0 spiro atoms. The summed E-state index contributed by atoms with van der Waals surface area (Å²) >= 11 is 0. The van der Waals surface area contributed by atoms with E-state index in [0.717, 1.165) is 0 Å². The molecule has 0 bridgehead atoms. The predicted molar refractivity (Wildman–Crippen MR) is 114 cm³/mol. The van der Waals surface area contributed by atoms with Crippen molar-refractivity contribution in [1.82, 2.24) is 15.5 Å². The number of benzene rings is 1. The van der Waals surface area contributed by atoms with Crippen LogP contribution < -0.4 is 20.4 Å². The van der Waals surface area contributed by atoms with Gasteiger partial charge in [-0.15, -0.1) is 0 Å². The second-order valence-corrected chi connectivity index (χ2v) is 9.43. The van der Waals surface area contributed by atoms with E-state index >= 15 is 0 Å². The van der Waals surface area contributed by atoms with Gasteiger partial charge in [0.1, 0.15) is 17.4 Å². The summed E-state index contributed by atoms with van der Waals surface area (Å²) in [6, 6.07) is 4.72. The van der Waals surface area contributed by atoms with E-state index in [4.69, 9.17) is 4.74 Å². The summed E-state index contributed by atoms with van der Waals surface area (Å²) in [4.78, 5) is 40.0. The zero-order chi connectivity index (χ0) is 21.3. The number of nitrogens with one attached hydrogen (secondary N) is 2. The molecule has 12 heteroatoms. The van der Waals surface area contributed by atoms with Gasteiger partial charge in [-0.05, 0) is 29.0 Å². The molecule has 3 saturated heterocycles. The SMILES string of the molecule is CC(=O)NCC1CN(c2ccc(N3CCN(C4NC(=O)SS4)CC3)c(F)c2)C(=O)O1. The monoisotopic (exact) mass is 455 g/mol. The third-order valence-corrected chi connectivity index (χ3v) is 7.39. The van der Waals surface area contributed by atoms with Gasteiger partial charge >= 0.3 is 6.09 Å². The number of nitrogens with zero attached hydrogens (tertiary/aromatic N) is 3. The molecule has 3 heterocycles. The summed E-state index contributed by atoms with van der Waals surface area (Å²) < 4.78 is 20.1. The van der Waals surface area contributed by atoms with E-state index in [1.54, 1.807) is 12.1 Å². The van der Waals surface area contributed by atoms with Crippen LogP contribution in [0.25, 0.3) is 0 Å². The van der Waals surface area contributed by atoms with Gasteiger partial charge in [0.15, 0.2) is 0 Å². The Morgan fingerprint density at radius 1 is 1.30 bits per heavy atom. The quantitative estimate of drug-likeness (QED) is 0.650. The summed E-state index contributed by atoms with van der Waals surface area (Å²) in [5.74, 6) is -0.606. The molecule has 162 valence electrons. The minimum atomic E-state index is -0.555. The number of carbonyl (C=O) groups is 3. The minimum Gasteiger partial charge on any atom is -0.442 e. The van der Waals surface area contributed by atoms with Crippen LogP contribution in [0.2, 0.25) is 0 Å². The highest BCUT2D eigenvalue weighted by Crippen LogP contribution is 2.35. The Kier molecular flexibility index (Phi) is 6.25. The van der Waals surface area contributed by atoms with Crippen LogP contribution in [0.5, 0.6) is 0 Å². The molecule has 3 amide bonds. The van der Waals surface area contributed by atoms with Crippen molar-refractivity contribution >= 4 is 50.2 Å². The molecule has 0 aliphatic carbocycles. The number of rotatable bonds is 5. The Hall–Kier alpha value is -2.18. The van der Waals surface area contributed by atoms with E-state index in [1.807, 2.05) is 4.90 Å². The van der Waals surface area contributed by atoms with Crippen LogP contribution in [0.15, 0.2) is 18.2 Å². The summed E-state index contributed by atoms with van der Waals surface area (Å²) in [5, 5.41) is 5.48. The Morgan fingerprint density at radius 2 is 2.07 bits per heavy atom. The summed E-state index contributed by atoms with van der Waals surface area (Å²) in [6.07, 6.45) is -1.02. The highest BCUT2D eigenvalue weighted by Gasteiger charge is 2.34. The van der Waals surface area contributed by atoms with Crippen molar-refractivity contribution in [3.63, 3.8) is 0 Å². The highest BCUT2D eigenvalue weighted by molar-refractivity contribution is 8.83. The topological polar surface area (TPSA) is 94.2 Å². The van der Waals surface area contributed by atoms with Crippen molar-refractivity contribution in [2.45, 2.75) is 18.5 Å².